The fraction of sp³-hybridized carbons (Fsp3) is 0.182. The number of benzene rings is 2. The summed E-state index contributed by atoms with van der Waals surface area (Å²) in [6.07, 6.45) is 1.31. The molecule has 0 spiro atoms. The number of hydrogen-bond acceptors (Lipinski definition) is 3. The quantitative estimate of drug-likeness (QED) is 0.533. The average molecular weight is 400 g/mol. The van der Waals surface area contributed by atoms with Crippen LogP contribution in [0, 0.1) is 12.7 Å². The zero-order chi connectivity index (χ0) is 20.4. The minimum absolute atomic E-state index is 0.0449. The van der Waals surface area contributed by atoms with Crippen LogP contribution in [-0.2, 0) is 14.3 Å². The van der Waals surface area contributed by atoms with E-state index in [-0.39, 0.29) is 28.3 Å². The standard InChI is InChI=1S/C22H19ClFNO3/c1-4-28-22(27)20-14(3)25(15-10-8-13(2)9-11-15)21(26)17(20)12-16-18(23)6-5-7-19(16)24/h5-12H,4H2,1-3H3/b17-12+. The molecule has 1 aliphatic rings. The second-order valence-corrected chi connectivity index (χ2v) is 6.76. The summed E-state index contributed by atoms with van der Waals surface area (Å²) >= 11 is 6.11. The number of carbonyl (C=O) groups excluding carboxylic acids is 2. The van der Waals surface area contributed by atoms with Gasteiger partial charge < -0.3 is 4.74 Å². The Kier molecular flexibility index (Phi) is 5.66. The Bertz CT molecular complexity index is 989. The van der Waals surface area contributed by atoms with Gasteiger partial charge in [0, 0.05) is 16.9 Å². The normalized spacial score (nSPS) is 15.5. The number of rotatable bonds is 4. The SMILES string of the molecule is CCOC(=O)C1=C(C)N(c2ccc(C)cc2)C(=O)/C1=C/c1c(F)cccc1Cl. The van der Waals surface area contributed by atoms with E-state index in [2.05, 4.69) is 0 Å². The lowest BCUT2D eigenvalue weighted by Crippen LogP contribution is -2.24. The largest absolute Gasteiger partial charge is 0.462 e. The molecular formula is C22H19ClFNO3. The van der Waals surface area contributed by atoms with Crippen LogP contribution < -0.4 is 4.90 Å². The van der Waals surface area contributed by atoms with Crippen molar-refractivity contribution < 1.29 is 18.7 Å². The molecule has 0 aliphatic carbocycles. The van der Waals surface area contributed by atoms with Crippen LogP contribution in [0.1, 0.15) is 25.0 Å². The summed E-state index contributed by atoms with van der Waals surface area (Å²) < 4.78 is 19.4. The Morgan fingerprint density at radius 1 is 1.18 bits per heavy atom. The third-order valence-electron chi connectivity index (χ3n) is 4.46. The van der Waals surface area contributed by atoms with Crippen LogP contribution in [0.4, 0.5) is 10.1 Å². The van der Waals surface area contributed by atoms with Gasteiger partial charge in [-0.15, -0.1) is 0 Å². The van der Waals surface area contributed by atoms with Crippen LogP contribution in [-0.4, -0.2) is 18.5 Å². The molecule has 6 heteroatoms. The fourth-order valence-electron chi connectivity index (χ4n) is 3.08. The number of nitrogens with zero attached hydrogens (tertiary/aromatic N) is 1. The Labute approximate surface area is 167 Å². The maximum absolute atomic E-state index is 14.3. The summed E-state index contributed by atoms with van der Waals surface area (Å²) in [6.45, 7) is 5.43. The molecule has 1 aliphatic heterocycles. The van der Waals surface area contributed by atoms with Gasteiger partial charge in [-0.05, 0) is 51.1 Å². The third kappa shape index (κ3) is 3.58. The van der Waals surface area contributed by atoms with Gasteiger partial charge in [0.05, 0.1) is 22.8 Å². The number of hydrogen-bond donors (Lipinski definition) is 0. The fourth-order valence-corrected chi connectivity index (χ4v) is 3.30. The maximum Gasteiger partial charge on any atom is 0.340 e. The maximum atomic E-state index is 14.3. The molecule has 0 bridgehead atoms. The Balaban J connectivity index is 2.18. The Morgan fingerprint density at radius 3 is 2.46 bits per heavy atom. The predicted molar refractivity (Wildman–Crippen MR) is 107 cm³/mol. The van der Waals surface area contributed by atoms with Gasteiger partial charge in [0.15, 0.2) is 0 Å². The van der Waals surface area contributed by atoms with Crippen molar-refractivity contribution in [2.45, 2.75) is 20.8 Å². The molecule has 0 aromatic heterocycles. The predicted octanol–water partition coefficient (Wildman–Crippen LogP) is 5.05. The number of allylic oxidation sites excluding steroid dienone is 1. The lowest BCUT2D eigenvalue weighted by Gasteiger charge is -2.18. The highest BCUT2D eigenvalue weighted by Crippen LogP contribution is 2.36. The first-order valence-electron chi connectivity index (χ1n) is 8.80. The molecule has 0 atom stereocenters. The molecule has 0 fully saturated rings. The summed E-state index contributed by atoms with van der Waals surface area (Å²) in [5.41, 5.74) is 2.27. The van der Waals surface area contributed by atoms with Gasteiger partial charge in [-0.1, -0.05) is 35.4 Å². The zero-order valence-corrected chi connectivity index (χ0v) is 16.5. The van der Waals surface area contributed by atoms with Crippen molar-refractivity contribution in [1.82, 2.24) is 0 Å². The van der Waals surface area contributed by atoms with Crippen LogP contribution >= 0.6 is 11.6 Å². The first-order valence-corrected chi connectivity index (χ1v) is 9.18. The number of amides is 1. The minimum atomic E-state index is -0.637. The molecule has 3 rings (SSSR count). The lowest BCUT2D eigenvalue weighted by atomic mass is 10.0. The molecule has 0 saturated carbocycles. The second-order valence-electron chi connectivity index (χ2n) is 6.35. The summed E-state index contributed by atoms with van der Waals surface area (Å²) in [7, 11) is 0. The van der Waals surface area contributed by atoms with Crippen molar-refractivity contribution in [2.75, 3.05) is 11.5 Å². The molecule has 0 unspecified atom stereocenters. The van der Waals surface area contributed by atoms with E-state index in [1.807, 2.05) is 19.1 Å². The van der Waals surface area contributed by atoms with Crippen LogP contribution in [0.15, 0.2) is 59.3 Å². The number of esters is 1. The molecule has 28 heavy (non-hydrogen) atoms. The van der Waals surface area contributed by atoms with Crippen molar-refractivity contribution in [3.8, 4) is 0 Å². The smallest absolute Gasteiger partial charge is 0.340 e. The topological polar surface area (TPSA) is 46.6 Å². The van der Waals surface area contributed by atoms with Gasteiger partial charge in [0.25, 0.3) is 5.91 Å². The van der Waals surface area contributed by atoms with Gasteiger partial charge in [-0.2, -0.15) is 0 Å². The van der Waals surface area contributed by atoms with Crippen LogP contribution in [0.5, 0.6) is 0 Å². The van der Waals surface area contributed by atoms with E-state index < -0.39 is 17.7 Å². The number of anilines is 1. The molecule has 0 radical (unpaired) electrons. The Hall–Kier alpha value is -2.92. The highest BCUT2D eigenvalue weighted by molar-refractivity contribution is 6.32. The van der Waals surface area contributed by atoms with Crippen molar-refractivity contribution in [2.24, 2.45) is 0 Å². The van der Waals surface area contributed by atoms with Crippen LogP contribution in [0.2, 0.25) is 5.02 Å². The highest BCUT2D eigenvalue weighted by Gasteiger charge is 2.38. The highest BCUT2D eigenvalue weighted by atomic mass is 35.5. The lowest BCUT2D eigenvalue weighted by molar-refractivity contribution is -0.138. The number of aryl methyl sites for hydroxylation is 1. The van der Waals surface area contributed by atoms with Crippen molar-refractivity contribution in [1.29, 1.82) is 0 Å². The molecule has 1 amide bonds. The summed E-state index contributed by atoms with van der Waals surface area (Å²) in [6, 6.07) is 11.6. The number of ether oxygens (including phenoxy) is 1. The van der Waals surface area contributed by atoms with Crippen molar-refractivity contribution >= 4 is 35.2 Å². The minimum Gasteiger partial charge on any atom is -0.462 e. The number of carbonyl (C=O) groups is 2. The first-order chi connectivity index (χ1) is 13.3. The monoisotopic (exact) mass is 399 g/mol. The zero-order valence-electron chi connectivity index (χ0n) is 15.8. The van der Waals surface area contributed by atoms with E-state index in [0.29, 0.717) is 11.4 Å². The van der Waals surface area contributed by atoms with Gasteiger partial charge in [0.2, 0.25) is 0 Å². The molecule has 2 aromatic rings. The molecular weight excluding hydrogens is 381 g/mol. The van der Waals surface area contributed by atoms with E-state index in [1.165, 1.54) is 29.2 Å². The van der Waals surface area contributed by atoms with Gasteiger partial charge in [-0.3, -0.25) is 9.69 Å². The van der Waals surface area contributed by atoms with Crippen molar-refractivity contribution in [3.05, 3.63) is 81.3 Å². The Morgan fingerprint density at radius 2 is 1.86 bits per heavy atom. The molecule has 1 heterocycles. The first kappa shape index (κ1) is 19.8. The summed E-state index contributed by atoms with van der Waals surface area (Å²) in [5.74, 6) is -1.66. The summed E-state index contributed by atoms with van der Waals surface area (Å²) in [5, 5.41) is 0.148. The third-order valence-corrected chi connectivity index (χ3v) is 4.79. The molecule has 0 saturated heterocycles. The molecule has 4 nitrogen and oxygen atoms in total. The van der Waals surface area contributed by atoms with Gasteiger partial charge in [-0.25, -0.2) is 9.18 Å². The average Bonchev–Trinajstić information content (AvgIpc) is 2.89. The van der Waals surface area contributed by atoms with E-state index in [9.17, 15) is 14.0 Å². The van der Waals surface area contributed by atoms with E-state index in [1.54, 1.807) is 26.0 Å². The second kappa shape index (κ2) is 7.98. The molecule has 144 valence electrons. The van der Waals surface area contributed by atoms with E-state index in [0.717, 1.165) is 5.56 Å². The van der Waals surface area contributed by atoms with Crippen LogP contribution in [0.3, 0.4) is 0 Å². The van der Waals surface area contributed by atoms with Gasteiger partial charge in [0.1, 0.15) is 5.82 Å². The number of halogens is 2. The van der Waals surface area contributed by atoms with Crippen LogP contribution in [0.25, 0.3) is 6.08 Å². The van der Waals surface area contributed by atoms with E-state index in [4.69, 9.17) is 16.3 Å². The van der Waals surface area contributed by atoms with E-state index >= 15 is 0 Å². The molecule has 2 aromatic carbocycles. The van der Waals surface area contributed by atoms with Crippen molar-refractivity contribution in [3.63, 3.8) is 0 Å². The molecule has 0 N–H and O–H groups in total. The van der Waals surface area contributed by atoms with Gasteiger partial charge >= 0.3 is 5.97 Å². The summed E-state index contributed by atoms with van der Waals surface area (Å²) in [4.78, 5) is 27.2.